The number of hydrogen-bond acceptors (Lipinski definition) is 2. The molecule has 5 nitrogen and oxygen atoms in total. The molecule has 0 aliphatic carbocycles. The van der Waals surface area contributed by atoms with Crippen LogP contribution in [0.4, 0.5) is 4.79 Å². The quantitative estimate of drug-likeness (QED) is 0.893. The number of carboxylic acids is 1. The zero-order chi connectivity index (χ0) is 14.0. The lowest BCUT2D eigenvalue weighted by atomic mass is 9.97. The molecule has 0 radical (unpaired) electrons. The summed E-state index contributed by atoms with van der Waals surface area (Å²) in [4.78, 5) is 23.1. The Bertz CT molecular complexity index is 483. The number of rotatable bonds is 3. The number of hydrogen-bond donors (Lipinski definition) is 2. The molecule has 0 unspecified atom stereocenters. The fourth-order valence-electron chi connectivity index (χ4n) is 2.51. The highest BCUT2D eigenvalue weighted by Gasteiger charge is 2.39. The third-order valence-electron chi connectivity index (χ3n) is 3.33. The van der Waals surface area contributed by atoms with Crippen LogP contribution in [0.15, 0.2) is 28.7 Å². The maximum atomic E-state index is 11.1. The molecular weight excluding hydrogens is 314 g/mol. The van der Waals surface area contributed by atoms with E-state index in [2.05, 4.69) is 15.9 Å². The summed E-state index contributed by atoms with van der Waals surface area (Å²) in [6, 6.07) is 6.85. The Kier molecular flexibility index (Phi) is 4.09. The van der Waals surface area contributed by atoms with Crippen LogP contribution in [0, 0.1) is 5.92 Å². The van der Waals surface area contributed by atoms with Gasteiger partial charge in [-0.15, -0.1) is 0 Å². The van der Waals surface area contributed by atoms with Crippen LogP contribution in [0.5, 0.6) is 0 Å². The lowest BCUT2D eigenvalue weighted by Crippen LogP contribution is -2.39. The number of carboxylic acid groups (broad SMARTS) is 2. The van der Waals surface area contributed by atoms with Gasteiger partial charge in [-0.2, -0.15) is 0 Å². The average molecular weight is 328 g/mol. The van der Waals surface area contributed by atoms with Crippen LogP contribution >= 0.6 is 15.9 Å². The van der Waals surface area contributed by atoms with E-state index in [0.29, 0.717) is 12.8 Å². The molecule has 6 heteroatoms. The topological polar surface area (TPSA) is 77.8 Å². The van der Waals surface area contributed by atoms with Gasteiger partial charge in [-0.1, -0.05) is 28.1 Å². The Balaban J connectivity index is 2.07. The molecule has 0 spiro atoms. The van der Waals surface area contributed by atoms with Crippen molar-refractivity contribution in [1.82, 2.24) is 4.90 Å². The molecule has 1 fully saturated rings. The van der Waals surface area contributed by atoms with E-state index in [4.69, 9.17) is 10.2 Å². The molecule has 1 aliphatic heterocycles. The van der Waals surface area contributed by atoms with Gasteiger partial charge in [0.1, 0.15) is 6.04 Å². The van der Waals surface area contributed by atoms with E-state index in [1.807, 2.05) is 24.3 Å². The van der Waals surface area contributed by atoms with E-state index < -0.39 is 18.1 Å². The van der Waals surface area contributed by atoms with Crippen molar-refractivity contribution in [3.63, 3.8) is 0 Å². The summed E-state index contributed by atoms with van der Waals surface area (Å²) < 4.78 is 0.966. The number of benzene rings is 1. The fraction of sp³-hybridized carbons (Fsp3) is 0.385. The Morgan fingerprint density at radius 1 is 1.37 bits per heavy atom. The van der Waals surface area contributed by atoms with Crippen LogP contribution in [-0.4, -0.2) is 39.8 Å². The standard InChI is InChI=1S/C13H14BrNO4/c14-10-3-1-2-8(5-10)4-9-6-11(12(16)17)15(7-9)13(18)19/h1-3,5,9,11H,4,6-7H2,(H,16,17)(H,18,19)/t9-,11+/m1/s1. The van der Waals surface area contributed by atoms with Crippen LogP contribution < -0.4 is 0 Å². The first-order chi connectivity index (χ1) is 8.97. The maximum Gasteiger partial charge on any atom is 0.408 e. The second-order valence-corrected chi connectivity index (χ2v) is 5.64. The minimum Gasteiger partial charge on any atom is -0.480 e. The molecule has 0 saturated carbocycles. The Morgan fingerprint density at radius 2 is 2.11 bits per heavy atom. The summed E-state index contributed by atoms with van der Waals surface area (Å²) in [5.74, 6) is -1.02. The molecule has 1 amide bonds. The van der Waals surface area contributed by atoms with Gasteiger partial charge in [0.25, 0.3) is 0 Å². The van der Waals surface area contributed by atoms with Crippen molar-refractivity contribution in [2.24, 2.45) is 5.92 Å². The van der Waals surface area contributed by atoms with Crippen molar-refractivity contribution < 1.29 is 19.8 Å². The zero-order valence-corrected chi connectivity index (χ0v) is 11.7. The van der Waals surface area contributed by atoms with Gasteiger partial charge < -0.3 is 10.2 Å². The normalized spacial score (nSPS) is 22.5. The third kappa shape index (κ3) is 3.26. The van der Waals surface area contributed by atoms with E-state index >= 15 is 0 Å². The summed E-state index contributed by atoms with van der Waals surface area (Å²) in [7, 11) is 0. The highest BCUT2D eigenvalue weighted by Crippen LogP contribution is 2.27. The van der Waals surface area contributed by atoms with Crippen molar-refractivity contribution in [2.45, 2.75) is 18.9 Å². The molecule has 2 rings (SSSR count). The van der Waals surface area contributed by atoms with E-state index in [1.54, 1.807) is 0 Å². The van der Waals surface area contributed by atoms with Crippen molar-refractivity contribution >= 4 is 28.0 Å². The maximum absolute atomic E-state index is 11.1. The summed E-state index contributed by atoms with van der Waals surface area (Å²) in [5, 5.41) is 18.1. The number of halogens is 1. The number of aliphatic carboxylic acids is 1. The van der Waals surface area contributed by atoms with Gasteiger partial charge in [0.15, 0.2) is 0 Å². The van der Waals surface area contributed by atoms with Gasteiger partial charge in [-0.25, -0.2) is 9.59 Å². The molecule has 0 bridgehead atoms. The zero-order valence-electron chi connectivity index (χ0n) is 10.1. The molecule has 1 aromatic rings. The molecule has 2 atom stereocenters. The van der Waals surface area contributed by atoms with Crippen molar-refractivity contribution in [2.75, 3.05) is 6.54 Å². The molecule has 19 heavy (non-hydrogen) atoms. The Hall–Kier alpha value is -1.56. The van der Waals surface area contributed by atoms with Crippen molar-refractivity contribution in [3.05, 3.63) is 34.3 Å². The van der Waals surface area contributed by atoms with Gasteiger partial charge in [0, 0.05) is 11.0 Å². The van der Waals surface area contributed by atoms with Gasteiger partial charge in [0.2, 0.25) is 0 Å². The number of nitrogens with zero attached hydrogens (tertiary/aromatic N) is 1. The molecule has 1 heterocycles. The van der Waals surface area contributed by atoms with Gasteiger partial charge in [-0.3, -0.25) is 4.90 Å². The number of likely N-dealkylation sites (tertiary alicyclic amines) is 1. The molecule has 1 aliphatic rings. The van der Waals surface area contributed by atoms with E-state index in [9.17, 15) is 9.59 Å². The predicted molar refractivity (Wildman–Crippen MR) is 72.1 cm³/mol. The first-order valence-corrected chi connectivity index (χ1v) is 6.73. The third-order valence-corrected chi connectivity index (χ3v) is 3.83. The van der Waals surface area contributed by atoms with Crippen LogP contribution in [-0.2, 0) is 11.2 Å². The molecule has 102 valence electrons. The molecule has 2 N–H and O–H groups in total. The highest BCUT2D eigenvalue weighted by molar-refractivity contribution is 9.10. The summed E-state index contributed by atoms with van der Waals surface area (Å²) in [5.41, 5.74) is 1.08. The summed E-state index contributed by atoms with van der Waals surface area (Å²) in [6.07, 6.45) is -0.106. The SMILES string of the molecule is O=C(O)[C@@H]1C[C@@H](Cc2cccc(Br)c2)CN1C(=O)O. The van der Waals surface area contributed by atoms with Gasteiger partial charge in [0.05, 0.1) is 0 Å². The fourth-order valence-corrected chi connectivity index (χ4v) is 2.96. The number of amides is 1. The first kappa shape index (κ1) is 13.9. The smallest absolute Gasteiger partial charge is 0.408 e. The molecular formula is C13H14BrNO4. The lowest BCUT2D eigenvalue weighted by Gasteiger charge is -2.16. The van der Waals surface area contributed by atoms with Crippen LogP contribution in [0.1, 0.15) is 12.0 Å². The molecule has 0 aromatic heterocycles. The van der Waals surface area contributed by atoms with E-state index in [0.717, 1.165) is 14.9 Å². The second-order valence-electron chi connectivity index (χ2n) is 4.72. The van der Waals surface area contributed by atoms with E-state index in [-0.39, 0.29) is 12.5 Å². The van der Waals surface area contributed by atoms with Crippen LogP contribution in [0.25, 0.3) is 0 Å². The van der Waals surface area contributed by atoms with Crippen molar-refractivity contribution in [1.29, 1.82) is 0 Å². The van der Waals surface area contributed by atoms with Crippen LogP contribution in [0.3, 0.4) is 0 Å². The van der Waals surface area contributed by atoms with Gasteiger partial charge in [-0.05, 0) is 36.5 Å². The van der Waals surface area contributed by atoms with Crippen LogP contribution in [0.2, 0.25) is 0 Å². The lowest BCUT2D eigenvalue weighted by molar-refractivity contribution is -0.141. The summed E-state index contributed by atoms with van der Waals surface area (Å²) >= 11 is 3.38. The minimum atomic E-state index is -1.16. The highest BCUT2D eigenvalue weighted by atomic mass is 79.9. The first-order valence-electron chi connectivity index (χ1n) is 5.94. The Morgan fingerprint density at radius 3 is 2.63 bits per heavy atom. The van der Waals surface area contributed by atoms with E-state index in [1.165, 1.54) is 0 Å². The Labute approximate surface area is 119 Å². The molecule has 1 saturated heterocycles. The monoisotopic (exact) mass is 327 g/mol. The average Bonchev–Trinajstić information content (AvgIpc) is 2.73. The predicted octanol–water partition coefficient (Wildman–Crippen LogP) is 2.44. The number of carbonyl (C=O) groups is 2. The second kappa shape index (κ2) is 5.61. The minimum absolute atomic E-state index is 0.0477. The largest absolute Gasteiger partial charge is 0.480 e. The molecule has 1 aromatic carbocycles. The summed E-state index contributed by atoms with van der Waals surface area (Å²) in [6.45, 7) is 0.277. The van der Waals surface area contributed by atoms with Gasteiger partial charge >= 0.3 is 12.1 Å². The van der Waals surface area contributed by atoms with Crippen molar-refractivity contribution in [3.8, 4) is 0 Å².